The summed E-state index contributed by atoms with van der Waals surface area (Å²) in [6.07, 6.45) is 0. The molecule has 0 unspecified atom stereocenters. The lowest BCUT2D eigenvalue weighted by Gasteiger charge is -2.15. The largest absolute Gasteiger partial charge is 0.494 e. The fourth-order valence-corrected chi connectivity index (χ4v) is 3.86. The molecule has 9 heteroatoms. The minimum absolute atomic E-state index is 0.0309. The monoisotopic (exact) mass is 587 g/mol. The van der Waals surface area contributed by atoms with E-state index < -0.39 is 11.8 Å². The zero-order valence-electron chi connectivity index (χ0n) is 18.0. The third-order valence-corrected chi connectivity index (χ3v) is 6.02. The number of imide groups is 1. The predicted octanol–water partition coefficient (Wildman–Crippen LogP) is 5.38. The van der Waals surface area contributed by atoms with Gasteiger partial charge in [0.05, 0.1) is 12.3 Å². The number of anilines is 3. The number of amides is 3. The molecule has 3 aromatic carbocycles. The summed E-state index contributed by atoms with van der Waals surface area (Å²) in [5.74, 6) is -0.820. The molecule has 0 atom stereocenters. The molecule has 7 nitrogen and oxygen atoms in total. The third kappa shape index (κ3) is 5.07. The van der Waals surface area contributed by atoms with Crippen LogP contribution in [0.2, 0.25) is 0 Å². The summed E-state index contributed by atoms with van der Waals surface area (Å²) in [4.78, 5) is 39.1. The molecule has 172 valence electrons. The lowest BCUT2D eigenvalue weighted by Crippen LogP contribution is -2.32. The molecule has 2 N–H and O–H groups in total. The van der Waals surface area contributed by atoms with Crippen molar-refractivity contribution in [1.29, 1.82) is 0 Å². The van der Waals surface area contributed by atoms with Crippen molar-refractivity contribution in [3.8, 4) is 5.75 Å². The summed E-state index contributed by atoms with van der Waals surface area (Å²) in [6, 6.07) is 20.5. The standard InChI is InChI=1S/C25H19ClIN3O4/c1-2-34-20-13-11-19(12-14-20)30-24(32)21(26)22(25(30)33)28-17-7-3-15(4-8-17)23(31)29-18-9-5-16(27)6-10-18/h3-14,28H,2H2,1H3,(H,29,31). The van der Waals surface area contributed by atoms with Gasteiger partial charge in [-0.2, -0.15) is 0 Å². The zero-order valence-corrected chi connectivity index (χ0v) is 20.9. The van der Waals surface area contributed by atoms with Crippen molar-refractivity contribution in [3.05, 3.63) is 92.7 Å². The van der Waals surface area contributed by atoms with Crippen molar-refractivity contribution in [2.45, 2.75) is 6.92 Å². The molecule has 0 saturated carbocycles. The molecule has 1 aliphatic rings. The van der Waals surface area contributed by atoms with E-state index in [0.29, 0.717) is 35.0 Å². The topological polar surface area (TPSA) is 87.7 Å². The summed E-state index contributed by atoms with van der Waals surface area (Å²) in [6.45, 7) is 2.38. The number of hydrogen-bond donors (Lipinski definition) is 2. The van der Waals surface area contributed by atoms with Gasteiger partial charge >= 0.3 is 0 Å². The van der Waals surface area contributed by atoms with E-state index in [-0.39, 0.29) is 16.6 Å². The van der Waals surface area contributed by atoms with Gasteiger partial charge in [0.15, 0.2) is 0 Å². The summed E-state index contributed by atoms with van der Waals surface area (Å²) >= 11 is 8.39. The first-order chi connectivity index (χ1) is 16.4. The molecule has 1 heterocycles. The highest BCUT2D eigenvalue weighted by molar-refractivity contribution is 14.1. The average Bonchev–Trinajstić information content (AvgIpc) is 3.05. The van der Waals surface area contributed by atoms with E-state index in [4.69, 9.17) is 16.3 Å². The summed E-state index contributed by atoms with van der Waals surface area (Å²) in [5.41, 5.74) is 1.99. The Morgan fingerprint density at radius 2 is 1.53 bits per heavy atom. The Hall–Kier alpha value is -3.37. The Morgan fingerprint density at radius 1 is 0.912 bits per heavy atom. The highest BCUT2D eigenvalue weighted by atomic mass is 127. The zero-order chi connectivity index (χ0) is 24.2. The van der Waals surface area contributed by atoms with Gasteiger partial charge in [0, 0.05) is 20.5 Å². The summed E-state index contributed by atoms with van der Waals surface area (Å²) in [5, 5.41) is 5.52. The third-order valence-electron chi connectivity index (χ3n) is 4.95. The second-order valence-corrected chi connectivity index (χ2v) is 8.85. The second kappa shape index (κ2) is 10.3. The van der Waals surface area contributed by atoms with Crippen LogP contribution in [-0.2, 0) is 9.59 Å². The van der Waals surface area contributed by atoms with E-state index in [0.717, 1.165) is 8.47 Å². The Balaban J connectivity index is 1.45. The average molecular weight is 588 g/mol. The molecule has 0 bridgehead atoms. The van der Waals surface area contributed by atoms with E-state index in [1.165, 1.54) is 0 Å². The number of ether oxygens (including phenoxy) is 1. The highest BCUT2D eigenvalue weighted by Crippen LogP contribution is 2.31. The van der Waals surface area contributed by atoms with Gasteiger partial charge in [0.2, 0.25) is 0 Å². The number of nitrogens with one attached hydrogen (secondary N) is 2. The number of benzene rings is 3. The van der Waals surface area contributed by atoms with Crippen molar-refractivity contribution in [3.63, 3.8) is 0 Å². The maximum Gasteiger partial charge on any atom is 0.283 e. The lowest BCUT2D eigenvalue weighted by atomic mass is 10.2. The van der Waals surface area contributed by atoms with Gasteiger partial charge in [0.1, 0.15) is 16.5 Å². The molecule has 0 spiro atoms. The maximum absolute atomic E-state index is 12.9. The Labute approximate surface area is 214 Å². The van der Waals surface area contributed by atoms with Crippen LogP contribution in [0, 0.1) is 3.57 Å². The van der Waals surface area contributed by atoms with Crippen LogP contribution >= 0.6 is 34.2 Å². The summed E-state index contributed by atoms with van der Waals surface area (Å²) < 4.78 is 6.47. The van der Waals surface area contributed by atoms with Gasteiger partial charge in [-0.3, -0.25) is 14.4 Å². The van der Waals surface area contributed by atoms with Crippen LogP contribution in [0.4, 0.5) is 17.1 Å². The molecule has 3 amide bonds. The van der Waals surface area contributed by atoms with E-state index in [2.05, 4.69) is 33.2 Å². The van der Waals surface area contributed by atoms with E-state index in [1.807, 2.05) is 31.2 Å². The van der Waals surface area contributed by atoms with Gasteiger partial charge in [-0.1, -0.05) is 11.6 Å². The molecule has 3 aromatic rings. The molecular weight excluding hydrogens is 569 g/mol. The lowest BCUT2D eigenvalue weighted by molar-refractivity contribution is -0.120. The van der Waals surface area contributed by atoms with Gasteiger partial charge in [-0.15, -0.1) is 0 Å². The Morgan fingerprint density at radius 3 is 2.15 bits per heavy atom. The van der Waals surface area contributed by atoms with Crippen molar-refractivity contribution in [2.75, 3.05) is 22.1 Å². The molecular formula is C25H19ClIN3O4. The number of carbonyl (C=O) groups is 3. The first-order valence-corrected chi connectivity index (χ1v) is 11.8. The van der Waals surface area contributed by atoms with E-state index >= 15 is 0 Å². The molecule has 1 aliphatic heterocycles. The number of carbonyl (C=O) groups excluding carboxylic acids is 3. The van der Waals surface area contributed by atoms with Crippen molar-refractivity contribution in [2.24, 2.45) is 0 Å². The highest BCUT2D eigenvalue weighted by Gasteiger charge is 2.39. The molecule has 0 radical (unpaired) electrons. The van der Waals surface area contributed by atoms with Crippen LogP contribution < -0.4 is 20.3 Å². The van der Waals surface area contributed by atoms with Crippen LogP contribution in [0.1, 0.15) is 17.3 Å². The first kappa shape index (κ1) is 23.8. The number of hydrogen-bond acceptors (Lipinski definition) is 5. The van der Waals surface area contributed by atoms with Crippen LogP contribution in [0.5, 0.6) is 5.75 Å². The quantitative estimate of drug-likeness (QED) is 0.286. The van der Waals surface area contributed by atoms with Gasteiger partial charge in [0.25, 0.3) is 17.7 Å². The minimum atomic E-state index is -0.619. The van der Waals surface area contributed by atoms with Crippen molar-refractivity contribution in [1.82, 2.24) is 0 Å². The fraction of sp³-hybridized carbons (Fsp3) is 0.0800. The molecule has 4 rings (SSSR count). The van der Waals surface area contributed by atoms with Crippen molar-refractivity contribution >= 4 is 69.0 Å². The Kier molecular flexibility index (Phi) is 7.18. The van der Waals surface area contributed by atoms with Gasteiger partial charge < -0.3 is 15.4 Å². The second-order valence-electron chi connectivity index (χ2n) is 7.22. The number of halogens is 2. The maximum atomic E-state index is 12.9. The minimum Gasteiger partial charge on any atom is -0.494 e. The van der Waals surface area contributed by atoms with Gasteiger partial charge in [-0.05, 0) is 102 Å². The first-order valence-electron chi connectivity index (χ1n) is 10.3. The molecule has 0 aromatic heterocycles. The normalized spacial score (nSPS) is 13.3. The Bertz CT molecular complexity index is 1270. The van der Waals surface area contributed by atoms with E-state index in [9.17, 15) is 14.4 Å². The molecule has 0 fully saturated rings. The number of nitrogens with zero attached hydrogens (tertiary/aromatic N) is 1. The predicted molar refractivity (Wildman–Crippen MR) is 140 cm³/mol. The van der Waals surface area contributed by atoms with Crippen LogP contribution in [0.25, 0.3) is 0 Å². The fourth-order valence-electron chi connectivity index (χ4n) is 3.29. The summed E-state index contributed by atoms with van der Waals surface area (Å²) in [7, 11) is 0. The van der Waals surface area contributed by atoms with Gasteiger partial charge in [-0.25, -0.2) is 4.90 Å². The van der Waals surface area contributed by atoms with Crippen molar-refractivity contribution < 1.29 is 19.1 Å². The van der Waals surface area contributed by atoms with Crippen LogP contribution in [0.15, 0.2) is 83.5 Å². The number of rotatable bonds is 7. The molecule has 0 aliphatic carbocycles. The van der Waals surface area contributed by atoms with E-state index in [1.54, 1.807) is 48.5 Å². The molecule has 34 heavy (non-hydrogen) atoms. The van der Waals surface area contributed by atoms with Crippen LogP contribution in [-0.4, -0.2) is 24.3 Å². The molecule has 0 saturated heterocycles. The SMILES string of the molecule is CCOc1ccc(N2C(=O)C(Cl)=C(Nc3ccc(C(=O)Nc4ccc(I)cc4)cc3)C2=O)cc1. The smallest absolute Gasteiger partial charge is 0.283 e. The van der Waals surface area contributed by atoms with Crippen LogP contribution in [0.3, 0.4) is 0 Å².